The zero-order valence-corrected chi connectivity index (χ0v) is 25.3. The number of fused-ring (bicyclic) bond motifs is 1. The molecule has 1 aliphatic heterocycles. The number of nitrogens with zero attached hydrogens (tertiary/aromatic N) is 1. The highest BCUT2D eigenvalue weighted by molar-refractivity contribution is 7.80. The normalized spacial score (nSPS) is 17.0. The maximum absolute atomic E-state index is 12.6. The Morgan fingerprint density at radius 1 is 1.05 bits per heavy atom. The monoisotopic (exact) mass is 627 g/mol. The second kappa shape index (κ2) is 13.9. The Bertz CT molecular complexity index is 1500. The topological polar surface area (TPSA) is 73.8 Å². The zero-order chi connectivity index (χ0) is 29.6. The van der Waals surface area contributed by atoms with E-state index in [1.54, 1.807) is 6.07 Å². The van der Waals surface area contributed by atoms with E-state index in [9.17, 15) is 9.18 Å². The van der Waals surface area contributed by atoms with Gasteiger partial charge in [0.25, 0.3) is 0 Å². The number of hydrogen-bond acceptors (Lipinski definition) is 4. The summed E-state index contributed by atoms with van der Waals surface area (Å²) in [7, 11) is 0. The number of thiocarbonyl (C=S) groups is 1. The first-order valence-electron chi connectivity index (χ1n) is 14.0. The van der Waals surface area contributed by atoms with Crippen molar-refractivity contribution in [3.8, 4) is 5.75 Å². The Morgan fingerprint density at radius 3 is 2.57 bits per heavy atom. The fraction of sp³-hybridized carbons (Fsp3) is 0.312. The van der Waals surface area contributed by atoms with Crippen LogP contribution in [-0.4, -0.2) is 53.5 Å². The molecular weight excluding hydrogens is 596 g/mol. The van der Waals surface area contributed by atoms with Gasteiger partial charge in [-0.3, -0.25) is 14.7 Å². The van der Waals surface area contributed by atoms with Crippen LogP contribution >= 0.6 is 35.4 Å². The number of allylic oxidation sites excluding steroid dienone is 1. The van der Waals surface area contributed by atoms with Crippen LogP contribution < -0.4 is 15.6 Å². The van der Waals surface area contributed by atoms with E-state index in [0.29, 0.717) is 21.5 Å². The van der Waals surface area contributed by atoms with Crippen molar-refractivity contribution in [2.45, 2.75) is 38.2 Å². The maximum Gasteiger partial charge on any atom is 0.423 e. The first kappa shape index (κ1) is 30.3. The number of benzene rings is 3. The van der Waals surface area contributed by atoms with Crippen LogP contribution in [0, 0.1) is 0 Å². The fourth-order valence-electron chi connectivity index (χ4n) is 5.72. The Morgan fingerprint density at radius 2 is 1.83 bits per heavy atom. The summed E-state index contributed by atoms with van der Waals surface area (Å²) in [4.78, 5) is 13.5. The van der Waals surface area contributed by atoms with Crippen molar-refractivity contribution < 1.29 is 19.0 Å². The van der Waals surface area contributed by atoms with Crippen LogP contribution in [0.3, 0.4) is 0 Å². The molecule has 0 saturated carbocycles. The Hall–Kier alpha value is -3.17. The minimum absolute atomic E-state index is 0.0863. The van der Waals surface area contributed by atoms with Crippen molar-refractivity contribution in [2.75, 3.05) is 26.3 Å². The van der Waals surface area contributed by atoms with E-state index in [-0.39, 0.29) is 12.8 Å². The standard InChI is InChI=1S/C32H32Cl2FN3O3S/c33-23-8-12-27(29(34)18-23)28-4-1-3-21-17-22(31(42)36-37-32(39)40)7-11-26(21)30(28)20-5-9-24(10-6-20)41-25-13-16-38(19-25)15-2-14-35/h5-12,17-18,25,37H,1-4,13-16,19H2,(H,36,42)(H,39,40)/t25-/m0/s1. The number of likely N-dealkylation sites (tertiary alicyclic amines) is 1. The van der Waals surface area contributed by atoms with E-state index >= 15 is 0 Å². The summed E-state index contributed by atoms with van der Waals surface area (Å²) >= 11 is 18.4. The average Bonchev–Trinajstić information content (AvgIpc) is 3.33. The predicted octanol–water partition coefficient (Wildman–Crippen LogP) is 7.55. The van der Waals surface area contributed by atoms with Gasteiger partial charge in [0, 0.05) is 35.2 Å². The van der Waals surface area contributed by atoms with Gasteiger partial charge < -0.3 is 9.84 Å². The number of carboxylic acid groups (broad SMARTS) is 1. The first-order chi connectivity index (χ1) is 20.3. The molecule has 1 aliphatic carbocycles. The number of rotatable bonds is 8. The lowest BCUT2D eigenvalue weighted by Crippen LogP contribution is -2.40. The molecule has 1 saturated heterocycles. The fourth-order valence-corrected chi connectivity index (χ4v) is 6.42. The van der Waals surface area contributed by atoms with E-state index < -0.39 is 6.09 Å². The van der Waals surface area contributed by atoms with Gasteiger partial charge >= 0.3 is 6.09 Å². The van der Waals surface area contributed by atoms with Crippen molar-refractivity contribution in [2.24, 2.45) is 0 Å². The molecule has 2 aliphatic rings. The number of ether oxygens (including phenoxy) is 1. The van der Waals surface area contributed by atoms with Gasteiger partial charge in [0.05, 0.1) is 6.67 Å². The lowest BCUT2D eigenvalue weighted by molar-refractivity contribution is 0.192. The molecule has 5 rings (SSSR count). The van der Waals surface area contributed by atoms with Crippen molar-refractivity contribution in [3.05, 3.63) is 98.5 Å². The molecule has 0 radical (unpaired) electrons. The van der Waals surface area contributed by atoms with Crippen molar-refractivity contribution in [1.82, 2.24) is 15.8 Å². The van der Waals surface area contributed by atoms with Gasteiger partial charge in [-0.05, 0) is 95.8 Å². The van der Waals surface area contributed by atoms with Gasteiger partial charge in [-0.1, -0.05) is 65.8 Å². The van der Waals surface area contributed by atoms with Crippen LogP contribution in [0.2, 0.25) is 10.0 Å². The molecule has 1 fully saturated rings. The number of carbonyl (C=O) groups is 1. The van der Waals surface area contributed by atoms with Crippen LogP contribution in [0.1, 0.15) is 53.5 Å². The average molecular weight is 629 g/mol. The number of amides is 1. The molecule has 3 aromatic rings. The van der Waals surface area contributed by atoms with E-state index in [0.717, 1.165) is 90.0 Å². The molecule has 6 nitrogen and oxygen atoms in total. The van der Waals surface area contributed by atoms with E-state index in [1.165, 1.54) is 0 Å². The molecule has 0 unspecified atom stereocenters. The van der Waals surface area contributed by atoms with Gasteiger partial charge in [-0.15, -0.1) is 0 Å². The SMILES string of the molecule is O=C(O)NNC(=S)c1ccc2c(c1)CCCC(c1ccc(Cl)cc1Cl)=C2c1ccc(O[C@H]2CCN(CCCF)C2)cc1. The van der Waals surface area contributed by atoms with Gasteiger partial charge in [-0.2, -0.15) is 0 Å². The molecule has 3 N–H and O–H groups in total. The van der Waals surface area contributed by atoms with Crippen molar-refractivity contribution >= 4 is 57.6 Å². The van der Waals surface area contributed by atoms with Crippen LogP contribution in [0.25, 0.3) is 11.1 Å². The molecule has 1 atom stereocenters. The second-order valence-corrected chi connectivity index (χ2v) is 11.7. The maximum atomic E-state index is 12.6. The predicted molar refractivity (Wildman–Crippen MR) is 170 cm³/mol. The lowest BCUT2D eigenvalue weighted by atomic mass is 9.87. The number of hydrazine groups is 1. The van der Waals surface area contributed by atoms with Crippen LogP contribution in [-0.2, 0) is 6.42 Å². The quantitative estimate of drug-likeness (QED) is 0.177. The molecular formula is C32H32Cl2FN3O3S. The highest BCUT2D eigenvalue weighted by Gasteiger charge is 2.25. The molecule has 3 aromatic carbocycles. The summed E-state index contributed by atoms with van der Waals surface area (Å²) in [5.74, 6) is 0.800. The molecule has 1 heterocycles. The molecule has 10 heteroatoms. The molecule has 0 bridgehead atoms. The van der Waals surface area contributed by atoms with Crippen molar-refractivity contribution in [3.63, 3.8) is 0 Å². The number of alkyl halides is 1. The third kappa shape index (κ3) is 7.24. The van der Waals surface area contributed by atoms with Crippen LogP contribution in [0.4, 0.5) is 9.18 Å². The smallest absolute Gasteiger partial charge is 0.423 e. The molecule has 42 heavy (non-hydrogen) atoms. The summed E-state index contributed by atoms with van der Waals surface area (Å²) in [6.07, 6.45) is 2.87. The Labute approximate surface area is 260 Å². The summed E-state index contributed by atoms with van der Waals surface area (Å²) in [5.41, 5.74) is 11.8. The van der Waals surface area contributed by atoms with Gasteiger partial charge in [0.2, 0.25) is 0 Å². The minimum atomic E-state index is -1.21. The molecule has 1 amide bonds. The minimum Gasteiger partial charge on any atom is -0.489 e. The number of hydrogen-bond donors (Lipinski definition) is 3. The molecule has 0 aromatic heterocycles. The third-order valence-corrected chi connectivity index (χ3v) is 8.52. The summed E-state index contributed by atoms with van der Waals surface area (Å²) in [5, 5.41) is 10.1. The van der Waals surface area contributed by atoms with Crippen LogP contribution in [0.5, 0.6) is 5.75 Å². The summed E-state index contributed by atoms with van der Waals surface area (Å²) in [6, 6.07) is 19.7. The first-order valence-corrected chi connectivity index (χ1v) is 15.2. The van der Waals surface area contributed by atoms with Gasteiger partial charge in [0.15, 0.2) is 0 Å². The third-order valence-electron chi connectivity index (χ3n) is 7.63. The van der Waals surface area contributed by atoms with E-state index in [4.69, 9.17) is 45.3 Å². The summed E-state index contributed by atoms with van der Waals surface area (Å²) in [6.45, 7) is 2.20. The Balaban J connectivity index is 1.49. The number of nitrogens with one attached hydrogen (secondary N) is 2. The van der Waals surface area contributed by atoms with Crippen molar-refractivity contribution in [1.29, 1.82) is 0 Å². The highest BCUT2D eigenvalue weighted by atomic mass is 35.5. The second-order valence-electron chi connectivity index (χ2n) is 10.5. The molecule has 0 spiro atoms. The van der Waals surface area contributed by atoms with E-state index in [1.807, 2.05) is 42.5 Å². The van der Waals surface area contributed by atoms with Crippen LogP contribution in [0.15, 0.2) is 60.7 Å². The molecule has 220 valence electrons. The number of aryl methyl sites for hydroxylation is 1. The Kier molecular flexibility index (Phi) is 10.0. The van der Waals surface area contributed by atoms with E-state index in [2.05, 4.69) is 27.9 Å². The number of halogens is 3. The highest BCUT2D eigenvalue weighted by Crippen LogP contribution is 2.42. The zero-order valence-electron chi connectivity index (χ0n) is 23.0. The lowest BCUT2D eigenvalue weighted by Gasteiger charge is -2.19. The summed E-state index contributed by atoms with van der Waals surface area (Å²) < 4.78 is 18.9. The van der Waals surface area contributed by atoms with Gasteiger partial charge in [-0.25, -0.2) is 10.2 Å². The largest absolute Gasteiger partial charge is 0.489 e. The van der Waals surface area contributed by atoms with Gasteiger partial charge in [0.1, 0.15) is 16.8 Å².